The summed E-state index contributed by atoms with van der Waals surface area (Å²) in [7, 11) is 0. The fourth-order valence-electron chi connectivity index (χ4n) is 1.08. The van der Waals surface area contributed by atoms with Crippen LogP contribution in [0.2, 0.25) is 0 Å². The van der Waals surface area contributed by atoms with Gasteiger partial charge in [0.1, 0.15) is 5.75 Å². The van der Waals surface area contributed by atoms with Gasteiger partial charge in [-0.1, -0.05) is 18.2 Å². The number of fused-ring (bicyclic) bond motifs is 1. The third-order valence-electron chi connectivity index (χ3n) is 1.60. The van der Waals surface area contributed by atoms with E-state index in [0.29, 0.717) is 0 Å². The third kappa shape index (κ3) is 2.50. The molecule has 0 atom stereocenters. The Morgan fingerprint density at radius 1 is 1.17 bits per heavy atom. The molecule has 1 aliphatic heterocycles. The Labute approximate surface area is 97.6 Å². The van der Waals surface area contributed by atoms with Crippen molar-refractivity contribution < 1.29 is 43.6 Å². The first kappa shape index (κ1) is 12.0. The molecular formula is C9H8AgNiO. The van der Waals surface area contributed by atoms with Gasteiger partial charge < -0.3 is 4.74 Å². The maximum Gasteiger partial charge on any atom is 0.130 e. The van der Waals surface area contributed by atoms with Crippen molar-refractivity contribution in [3.8, 4) is 5.75 Å². The molecule has 1 nitrogen and oxygen atoms in total. The van der Waals surface area contributed by atoms with Gasteiger partial charge in [0.2, 0.25) is 0 Å². The first-order chi connectivity index (χ1) is 4.97. The van der Waals surface area contributed by atoms with Crippen molar-refractivity contribution in [3.05, 3.63) is 42.2 Å². The molecule has 0 N–H and O–H groups in total. The zero-order valence-electron chi connectivity index (χ0n) is 6.20. The van der Waals surface area contributed by atoms with Crippen LogP contribution in [0.25, 0.3) is 0 Å². The van der Waals surface area contributed by atoms with Gasteiger partial charge in [0, 0.05) is 38.9 Å². The van der Waals surface area contributed by atoms with E-state index in [9.17, 15) is 0 Å². The number of allylic oxidation sites excluding steroid dienone is 1. The average Bonchev–Trinajstić information content (AvgIpc) is 2.05. The Bertz CT molecular complexity index is 246. The van der Waals surface area contributed by atoms with Gasteiger partial charge in [-0.3, -0.25) is 0 Å². The Morgan fingerprint density at radius 2 is 1.92 bits per heavy atom. The van der Waals surface area contributed by atoms with Crippen molar-refractivity contribution in [2.24, 2.45) is 0 Å². The van der Waals surface area contributed by atoms with Crippen LogP contribution in [0.4, 0.5) is 0 Å². The molecule has 1 aromatic rings. The van der Waals surface area contributed by atoms with E-state index in [1.54, 1.807) is 6.26 Å². The standard InChI is InChI=1S/C9H8O.Ag.Ni/c1-2-6-9-8(4-1)5-3-7-10-9;;/h1-4,6-7H,5H2;;. The van der Waals surface area contributed by atoms with Crippen molar-refractivity contribution in [2.75, 3.05) is 0 Å². The first-order valence-corrected chi connectivity index (χ1v) is 3.36. The Hall–Kier alpha value is -0.00623. The van der Waals surface area contributed by atoms with Gasteiger partial charge in [0.15, 0.2) is 0 Å². The maximum absolute atomic E-state index is 5.24. The third-order valence-corrected chi connectivity index (χ3v) is 1.60. The van der Waals surface area contributed by atoms with Gasteiger partial charge in [-0.2, -0.15) is 0 Å². The second-order valence-corrected chi connectivity index (χ2v) is 2.30. The minimum absolute atomic E-state index is 0. The summed E-state index contributed by atoms with van der Waals surface area (Å²) in [5.74, 6) is 0.991. The van der Waals surface area contributed by atoms with Crippen LogP contribution in [0.3, 0.4) is 0 Å². The van der Waals surface area contributed by atoms with Crippen LogP contribution in [0.15, 0.2) is 36.6 Å². The molecule has 0 aromatic heterocycles. The van der Waals surface area contributed by atoms with Gasteiger partial charge >= 0.3 is 0 Å². The van der Waals surface area contributed by atoms with E-state index >= 15 is 0 Å². The number of ether oxygens (including phenoxy) is 1. The molecule has 1 radical (unpaired) electrons. The molecule has 0 aliphatic carbocycles. The summed E-state index contributed by atoms with van der Waals surface area (Å²) in [6.45, 7) is 0. The van der Waals surface area contributed by atoms with E-state index in [1.807, 2.05) is 24.3 Å². The molecule has 0 amide bonds. The number of rotatable bonds is 0. The fraction of sp³-hybridized carbons (Fsp3) is 0.111. The minimum atomic E-state index is 0. The van der Waals surface area contributed by atoms with Crippen molar-refractivity contribution in [2.45, 2.75) is 6.42 Å². The Balaban J connectivity index is 0.000000605. The van der Waals surface area contributed by atoms with Crippen LogP contribution in [0.5, 0.6) is 5.75 Å². The molecular weight excluding hydrogens is 291 g/mol. The van der Waals surface area contributed by atoms with E-state index in [0.717, 1.165) is 12.2 Å². The smallest absolute Gasteiger partial charge is 0.130 e. The number of benzene rings is 1. The zero-order chi connectivity index (χ0) is 6.81. The summed E-state index contributed by atoms with van der Waals surface area (Å²) in [6.07, 6.45) is 4.75. The Kier molecular flexibility index (Phi) is 5.60. The Morgan fingerprint density at radius 3 is 2.67 bits per heavy atom. The zero-order valence-corrected chi connectivity index (χ0v) is 8.67. The summed E-state index contributed by atoms with van der Waals surface area (Å²) in [5.41, 5.74) is 1.27. The molecule has 1 aromatic carbocycles. The van der Waals surface area contributed by atoms with E-state index in [2.05, 4.69) is 6.07 Å². The van der Waals surface area contributed by atoms with Gasteiger partial charge in [0.05, 0.1) is 6.26 Å². The summed E-state index contributed by atoms with van der Waals surface area (Å²) >= 11 is 0. The minimum Gasteiger partial charge on any atom is -0.465 e. The van der Waals surface area contributed by atoms with E-state index < -0.39 is 0 Å². The van der Waals surface area contributed by atoms with Crippen LogP contribution < -0.4 is 4.74 Å². The van der Waals surface area contributed by atoms with Gasteiger partial charge in [-0.05, 0) is 24.1 Å². The van der Waals surface area contributed by atoms with Crippen molar-refractivity contribution in [3.63, 3.8) is 0 Å². The van der Waals surface area contributed by atoms with E-state index in [-0.39, 0.29) is 38.9 Å². The summed E-state index contributed by atoms with van der Waals surface area (Å²) in [5, 5.41) is 0. The molecule has 3 heteroatoms. The predicted octanol–water partition coefficient (Wildman–Crippen LogP) is 2.13. The molecule has 1 heterocycles. The van der Waals surface area contributed by atoms with Gasteiger partial charge in [-0.25, -0.2) is 0 Å². The summed E-state index contributed by atoms with van der Waals surface area (Å²) < 4.78 is 5.24. The summed E-state index contributed by atoms with van der Waals surface area (Å²) in [6, 6.07) is 8.08. The van der Waals surface area contributed by atoms with Crippen LogP contribution >= 0.6 is 0 Å². The normalized spacial score (nSPS) is 11.7. The number of hydrogen-bond acceptors (Lipinski definition) is 1. The molecule has 0 fully saturated rings. The molecule has 12 heavy (non-hydrogen) atoms. The maximum atomic E-state index is 5.24. The molecule has 0 saturated carbocycles. The van der Waals surface area contributed by atoms with Gasteiger partial charge in [-0.15, -0.1) is 0 Å². The second kappa shape index (κ2) is 5.61. The largest absolute Gasteiger partial charge is 0.465 e. The molecule has 1 aliphatic rings. The van der Waals surface area contributed by atoms with Gasteiger partial charge in [0.25, 0.3) is 0 Å². The molecule has 0 unspecified atom stereocenters. The van der Waals surface area contributed by atoms with Crippen LogP contribution in [-0.4, -0.2) is 0 Å². The molecule has 0 saturated heterocycles. The van der Waals surface area contributed by atoms with Crippen molar-refractivity contribution in [1.82, 2.24) is 0 Å². The van der Waals surface area contributed by atoms with Crippen LogP contribution in [-0.2, 0) is 45.3 Å². The number of hydrogen-bond donors (Lipinski definition) is 0. The second-order valence-electron chi connectivity index (χ2n) is 2.30. The number of para-hydroxylation sites is 1. The monoisotopic (exact) mass is 297 g/mol. The SMILES string of the molecule is C1=COc2ccccc2C1.[Ag].[Ni]. The van der Waals surface area contributed by atoms with Crippen LogP contribution in [0.1, 0.15) is 5.56 Å². The van der Waals surface area contributed by atoms with Crippen molar-refractivity contribution in [1.29, 1.82) is 0 Å². The molecule has 71 valence electrons. The quantitative estimate of drug-likeness (QED) is 0.667. The average molecular weight is 299 g/mol. The van der Waals surface area contributed by atoms with Crippen molar-refractivity contribution >= 4 is 0 Å². The first-order valence-electron chi connectivity index (χ1n) is 3.36. The predicted molar refractivity (Wildman–Crippen MR) is 39.9 cm³/mol. The topological polar surface area (TPSA) is 9.23 Å². The molecule has 0 bridgehead atoms. The molecule has 0 spiro atoms. The molecule has 2 rings (SSSR count). The van der Waals surface area contributed by atoms with Crippen LogP contribution in [0, 0.1) is 0 Å². The summed E-state index contributed by atoms with van der Waals surface area (Å²) in [4.78, 5) is 0. The van der Waals surface area contributed by atoms with E-state index in [4.69, 9.17) is 4.74 Å². The van der Waals surface area contributed by atoms with E-state index in [1.165, 1.54) is 5.56 Å². The fourth-order valence-corrected chi connectivity index (χ4v) is 1.08.